The number of benzene rings is 2. The largest absolute Gasteiger partial charge is 2.00 e. The Morgan fingerprint density at radius 2 is 1.54 bits per heavy atom. The number of hydrogen-bond donors (Lipinski definition) is 0. The summed E-state index contributed by atoms with van der Waals surface area (Å²) in [4.78, 5) is 5.16. The minimum absolute atomic E-state index is 0. The van der Waals surface area contributed by atoms with E-state index in [1.54, 1.807) is 20.3 Å². The molecule has 0 aliphatic rings. The first-order chi connectivity index (χ1) is 9.67. The number of diazo groups is 1. The average Bonchev–Trinajstić information content (AvgIpc) is 2.48. The molecule has 0 aliphatic heterocycles. The maximum atomic E-state index is 9.08. The molecular weight excluding hydrogens is 444 g/mol. The first-order valence-corrected chi connectivity index (χ1v) is 6.85. The van der Waals surface area contributed by atoms with Crippen LogP contribution < -0.4 is 46.7 Å². The molecule has 0 atom stereocenters. The van der Waals surface area contributed by atoms with E-state index in [9.17, 15) is 0 Å². The number of methoxy groups -OCH3 is 2. The topological polar surface area (TPSA) is 46.6 Å². The van der Waals surface area contributed by atoms with Gasteiger partial charge in [0.1, 0.15) is 5.75 Å². The van der Waals surface area contributed by atoms with Gasteiger partial charge < -0.3 is 46.7 Å². The smallest absolute Gasteiger partial charge is 1.00 e. The summed E-state index contributed by atoms with van der Waals surface area (Å²) < 4.78 is 10.5. The van der Waals surface area contributed by atoms with Crippen molar-refractivity contribution in [3.05, 3.63) is 46.9 Å². The Morgan fingerprint density at radius 3 is 2.00 bits per heavy atom. The molecule has 0 aromatic heterocycles. The predicted octanol–water partition coefficient (Wildman–Crippen LogP) is -4.34. The Bertz CT molecular complexity index is 667. The van der Waals surface area contributed by atoms with Crippen LogP contribution in [-0.2, 0) is 19.5 Å². The van der Waals surface area contributed by atoms with Crippen molar-refractivity contribution in [2.45, 2.75) is 16.7 Å². The van der Waals surface area contributed by atoms with Crippen molar-refractivity contribution in [2.75, 3.05) is 14.2 Å². The third-order valence-electron chi connectivity index (χ3n) is 2.81. The Morgan fingerprint density at radius 1 is 0.958 bits per heavy atom. The number of rotatable bonds is 4. The van der Waals surface area contributed by atoms with Crippen LogP contribution in [0.25, 0.3) is 4.98 Å². The molecule has 0 N–H and O–H groups in total. The van der Waals surface area contributed by atoms with Gasteiger partial charge in [0, 0.05) is 4.90 Å². The number of aryl methyl sites for hydroxylation is 1. The molecule has 2 aromatic rings. The van der Waals surface area contributed by atoms with Crippen LogP contribution in [0.2, 0.25) is 0 Å². The van der Waals surface area contributed by atoms with E-state index in [1.807, 2.05) is 37.3 Å². The summed E-state index contributed by atoms with van der Waals surface area (Å²) in [5.41, 5.74) is 1.56. The van der Waals surface area contributed by atoms with Crippen LogP contribution in [0.1, 0.15) is 5.56 Å². The molecule has 0 fully saturated rings. The summed E-state index contributed by atoms with van der Waals surface area (Å²) in [5.74, 6) is 1.15. The Labute approximate surface area is 177 Å². The molecular formula is C15H15Cl3N2O2SZn. The van der Waals surface area contributed by atoms with Gasteiger partial charge in [-0.1, -0.05) is 29.5 Å². The van der Waals surface area contributed by atoms with Gasteiger partial charge in [-0.2, -0.15) is 0 Å². The Balaban J connectivity index is -0.00000110. The average molecular weight is 459 g/mol. The summed E-state index contributed by atoms with van der Waals surface area (Å²) in [7, 11) is 3.12. The van der Waals surface area contributed by atoms with E-state index in [1.165, 1.54) is 17.3 Å². The van der Waals surface area contributed by atoms with E-state index in [0.717, 1.165) is 9.79 Å². The van der Waals surface area contributed by atoms with Gasteiger partial charge in [0.05, 0.1) is 25.2 Å². The van der Waals surface area contributed by atoms with Crippen LogP contribution in [0.3, 0.4) is 0 Å². The van der Waals surface area contributed by atoms with Crippen molar-refractivity contribution in [2.24, 2.45) is 0 Å². The number of ether oxygens (including phenoxy) is 2. The van der Waals surface area contributed by atoms with E-state index in [0.29, 0.717) is 17.2 Å². The Hall–Kier alpha value is -0.697. The molecule has 0 saturated carbocycles. The summed E-state index contributed by atoms with van der Waals surface area (Å²) >= 11 is 1.53. The van der Waals surface area contributed by atoms with Gasteiger partial charge in [0.25, 0.3) is 0 Å². The van der Waals surface area contributed by atoms with Gasteiger partial charge in [-0.15, -0.1) is 0 Å². The molecule has 24 heavy (non-hydrogen) atoms. The van der Waals surface area contributed by atoms with E-state index in [4.69, 9.17) is 14.9 Å². The molecule has 0 saturated heterocycles. The van der Waals surface area contributed by atoms with Crippen molar-refractivity contribution in [1.29, 1.82) is 5.39 Å². The van der Waals surface area contributed by atoms with Crippen LogP contribution in [0.4, 0.5) is 5.69 Å². The van der Waals surface area contributed by atoms with Gasteiger partial charge in [0.2, 0.25) is 11.1 Å². The van der Waals surface area contributed by atoms with Gasteiger partial charge in [-0.05, 0) is 25.1 Å². The fourth-order valence-electron chi connectivity index (χ4n) is 1.77. The number of nitrogens with zero attached hydrogens (tertiary/aromatic N) is 2. The maximum absolute atomic E-state index is 9.08. The van der Waals surface area contributed by atoms with Crippen molar-refractivity contribution in [1.82, 2.24) is 0 Å². The molecule has 0 bridgehead atoms. The van der Waals surface area contributed by atoms with Gasteiger partial charge in [0.15, 0.2) is 4.98 Å². The maximum Gasteiger partial charge on any atom is 2.00 e. The summed E-state index contributed by atoms with van der Waals surface area (Å²) in [6.07, 6.45) is 0. The zero-order valence-corrected chi connectivity index (χ0v) is 19.5. The molecule has 2 rings (SSSR count). The second-order valence-electron chi connectivity index (χ2n) is 4.19. The van der Waals surface area contributed by atoms with E-state index >= 15 is 0 Å². The fraction of sp³-hybridized carbons (Fsp3) is 0.200. The monoisotopic (exact) mass is 456 g/mol. The summed E-state index contributed by atoms with van der Waals surface area (Å²) in [6.45, 7) is 2.04. The summed E-state index contributed by atoms with van der Waals surface area (Å²) in [5, 5.41) is 9.08. The van der Waals surface area contributed by atoms with Gasteiger partial charge in [-0.25, -0.2) is 0 Å². The normalized spacial score (nSPS) is 8.25. The zero-order chi connectivity index (χ0) is 14.5. The molecule has 0 unspecified atom stereocenters. The minimum Gasteiger partial charge on any atom is -1.00 e. The molecule has 0 heterocycles. The predicted molar refractivity (Wildman–Crippen MR) is 79.6 cm³/mol. The van der Waals surface area contributed by atoms with E-state index < -0.39 is 0 Å². The van der Waals surface area contributed by atoms with Gasteiger partial charge >= 0.3 is 25.2 Å². The third-order valence-corrected chi connectivity index (χ3v) is 3.84. The first-order valence-electron chi connectivity index (χ1n) is 6.03. The standard InChI is InChI=1S/C15H15N2O2S.3ClH.Zn/c1-10-4-6-12(7-5-10)20-14-9-11(18-2)8-13(17-16)15(14)19-3;;;;/h4-9H,1-3H3;3*1H;/q+1;;;;+2/p-3. The molecule has 126 valence electrons. The molecule has 4 nitrogen and oxygen atoms in total. The van der Waals surface area contributed by atoms with Gasteiger partial charge in [-0.3, -0.25) is 0 Å². The van der Waals surface area contributed by atoms with Crippen molar-refractivity contribution < 1.29 is 66.2 Å². The van der Waals surface area contributed by atoms with E-state index in [-0.39, 0.29) is 56.7 Å². The molecule has 2 aromatic carbocycles. The van der Waals surface area contributed by atoms with Crippen LogP contribution in [0.5, 0.6) is 11.5 Å². The van der Waals surface area contributed by atoms with Crippen molar-refractivity contribution in [3.63, 3.8) is 0 Å². The molecule has 0 aliphatic carbocycles. The van der Waals surface area contributed by atoms with Crippen molar-refractivity contribution in [3.8, 4) is 11.5 Å². The molecule has 9 heteroatoms. The minimum atomic E-state index is 0. The Kier molecular flexibility index (Phi) is 15.9. The number of hydrogen-bond acceptors (Lipinski definition) is 4. The molecule has 0 spiro atoms. The fourth-order valence-corrected chi connectivity index (χ4v) is 2.75. The zero-order valence-electron chi connectivity index (χ0n) is 13.4. The van der Waals surface area contributed by atoms with Crippen LogP contribution in [0.15, 0.2) is 46.2 Å². The van der Waals surface area contributed by atoms with Crippen LogP contribution >= 0.6 is 11.8 Å². The second kappa shape index (κ2) is 13.6. The third kappa shape index (κ3) is 7.05. The first kappa shape index (κ1) is 28.1. The second-order valence-corrected chi connectivity index (χ2v) is 5.31. The molecule has 0 amide bonds. The van der Waals surface area contributed by atoms with E-state index in [2.05, 4.69) is 4.98 Å². The summed E-state index contributed by atoms with van der Waals surface area (Å²) in [6, 6.07) is 11.7. The van der Waals surface area contributed by atoms with Crippen LogP contribution in [-0.4, -0.2) is 14.2 Å². The quantitative estimate of drug-likeness (QED) is 0.343. The van der Waals surface area contributed by atoms with Crippen molar-refractivity contribution >= 4 is 17.4 Å². The SMILES string of the molecule is COc1cc([N+]#N)c(OC)c(Sc2ccc(C)cc2)c1.[Cl-].[Cl-].[Cl-].[Zn+2]. The van der Waals surface area contributed by atoms with Crippen LogP contribution in [0, 0.1) is 12.3 Å². The number of halogens is 3. The molecule has 0 radical (unpaired) electrons.